The highest BCUT2D eigenvalue weighted by atomic mass is 16.4. The van der Waals surface area contributed by atoms with Crippen LogP contribution in [0.2, 0.25) is 0 Å². The van der Waals surface area contributed by atoms with Gasteiger partial charge in [0.15, 0.2) is 11.2 Å². The third-order valence-corrected chi connectivity index (χ3v) is 13.3. The van der Waals surface area contributed by atoms with Gasteiger partial charge in [0, 0.05) is 45.3 Å². The molecule has 13 aromatic rings. The molecule has 0 aliphatic heterocycles. The SMILES string of the molecule is c1ccc(-c2ccc(N(c3ccc(-c4ccc5cc(N(c6ccc(-c7ccccc7)cc6)c6ccc(-c7nc8ccccc8o7)cc6)ccc5c4)cc3)c3ccc(-c4nc5ccccc5o4)cc3)cc2)cc1. The number of fused-ring (bicyclic) bond motifs is 3. The van der Waals surface area contributed by atoms with E-state index < -0.39 is 0 Å². The van der Waals surface area contributed by atoms with Gasteiger partial charge in [0.25, 0.3) is 0 Å². The maximum absolute atomic E-state index is 6.13. The van der Waals surface area contributed by atoms with Crippen molar-refractivity contribution in [2.75, 3.05) is 9.80 Å². The third kappa shape index (κ3) is 8.23. The lowest BCUT2D eigenvalue weighted by Gasteiger charge is -2.26. The number of benzene rings is 11. The summed E-state index contributed by atoms with van der Waals surface area (Å²) in [4.78, 5) is 14.1. The molecule has 0 bridgehead atoms. The Kier molecular flexibility index (Phi) is 10.7. The van der Waals surface area contributed by atoms with E-state index >= 15 is 0 Å². The molecule has 72 heavy (non-hydrogen) atoms. The minimum Gasteiger partial charge on any atom is -0.436 e. The molecule has 0 saturated carbocycles. The molecule has 6 nitrogen and oxygen atoms in total. The zero-order chi connectivity index (χ0) is 47.8. The highest BCUT2D eigenvalue weighted by molar-refractivity contribution is 5.93. The van der Waals surface area contributed by atoms with Gasteiger partial charge in [0.2, 0.25) is 11.8 Å². The second-order valence-electron chi connectivity index (χ2n) is 17.9. The van der Waals surface area contributed by atoms with Crippen LogP contribution >= 0.6 is 0 Å². The largest absolute Gasteiger partial charge is 0.436 e. The molecule has 0 amide bonds. The summed E-state index contributed by atoms with van der Waals surface area (Å²) in [6.07, 6.45) is 0. The second-order valence-corrected chi connectivity index (χ2v) is 17.9. The molecule has 0 aliphatic rings. The van der Waals surface area contributed by atoms with Crippen molar-refractivity contribution in [2.45, 2.75) is 0 Å². The Bertz CT molecular complexity index is 3930. The van der Waals surface area contributed by atoms with Crippen molar-refractivity contribution in [3.63, 3.8) is 0 Å². The predicted molar refractivity (Wildman–Crippen MR) is 296 cm³/mol. The summed E-state index contributed by atoms with van der Waals surface area (Å²) in [5.41, 5.74) is 18.3. The van der Waals surface area contributed by atoms with Gasteiger partial charge in [-0.2, -0.15) is 0 Å². The standard InChI is InChI=1S/C66H44N4O2/c1-3-11-45(12-4-1)47-21-32-55(33-22-47)69(57-38-27-50(28-39-57)65-67-61-15-7-9-17-63(61)71-65)56-36-25-49(26-37-56)52-19-20-54-44-60(42-31-53(54)43-52)70(58-34-23-48(24-35-58)46-13-5-2-6-14-46)59-40-29-51(30-41-59)66-68-62-16-8-10-18-64(62)72-66/h1-44H. The van der Waals surface area contributed by atoms with E-state index in [0.29, 0.717) is 11.8 Å². The van der Waals surface area contributed by atoms with Gasteiger partial charge in [-0.3, -0.25) is 0 Å². The lowest BCUT2D eigenvalue weighted by atomic mass is 9.99. The monoisotopic (exact) mass is 924 g/mol. The Hall–Kier alpha value is -9.78. The van der Waals surface area contributed by atoms with Gasteiger partial charge < -0.3 is 18.6 Å². The Morgan fingerprint density at radius 1 is 0.236 bits per heavy atom. The summed E-state index contributed by atoms with van der Waals surface area (Å²) in [6, 6.07) is 93.5. The predicted octanol–water partition coefficient (Wildman–Crippen LogP) is 18.4. The zero-order valence-electron chi connectivity index (χ0n) is 39.0. The lowest BCUT2D eigenvalue weighted by molar-refractivity contribution is 0.619. The van der Waals surface area contributed by atoms with Crippen LogP contribution in [0.5, 0.6) is 0 Å². The molecule has 2 heterocycles. The smallest absolute Gasteiger partial charge is 0.227 e. The lowest BCUT2D eigenvalue weighted by Crippen LogP contribution is -2.10. The molecule has 0 N–H and O–H groups in total. The van der Waals surface area contributed by atoms with Gasteiger partial charge >= 0.3 is 0 Å². The molecule has 0 aliphatic carbocycles. The van der Waals surface area contributed by atoms with Crippen molar-refractivity contribution in [1.29, 1.82) is 0 Å². The van der Waals surface area contributed by atoms with Crippen LogP contribution in [0.3, 0.4) is 0 Å². The fraction of sp³-hybridized carbons (Fsp3) is 0. The summed E-state index contributed by atoms with van der Waals surface area (Å²) in [7, 11) is 0. The molecule has 6 heteroatoms. The fourth-order valence-corrected chi connectivity index (χ4v) is 9.61. The summed E-state index contributed by atoms with van der Waals surface area (Å²) >= 11 is 0. The van der Waals surface area contributed by atoms with Crippen LogP contribution in [0.1, 0.15) is 0 Å². The maximum Gasteiger partial charge on any atom is 0.227 e. The van der Waals surface area contributed by atoms with Gasteiger partial charge in [-0.1, -0.05) is 140 Å². The molecular weight excluding hydrogens is 881 g/mol. The first-order chi connectivity index (χ1) is 35.6. The molecular formula is C66H44N4O2. The highest BCUT2D eigenvalue weighted by Gasteiger charge is 2.18. The quantitative estimate of drug-likeness (QED) is 0.129. The van der Waals surface area contributed by atoms with E-state index in [4.69, 9.17) is 18.8 Å². The van der Waals surface area contributed by atoms with Crippen LogP contribution in [-0.4, -0.2) is 9.97 Å². The van der Waals surface area contributed by atoms with E-state index in [1.807, 2.05) is 54.6 Å². The van der Waals surface area contributed by atoms with Crippen LogP contribution in [0.4, 0.5) is 34.1 Å². The van der Waals surface area contributed by atoms with Crippen molar-refractivity contribution < 1.29 is 8.83 Å². The Labute approximate surface area is 417 Å². The molecule has 2 aromatic heterocycles. The average molecular weight is 925 g/mol. The number of hydrogen-bond donors (Lipinski definition) is 0. The van der Waals surface area contributed by atoms with Gasteiger partial charge in [-0.25, -0.2) is 9.97 Å². The molecule has 0 saturated heterocycles. The molecule has 0 radical (unpaired) electrons. The number of nitrogens with zero attached hydrogens (tertiary/aromatic N) is 4. The second kappa shape index (κ2) is 18.3. The minimum absolute atomic E-state index is 0.604. The first-order valence-electron chi connectivity index (χ1n) is 24.1. The summed E-state index contributed by atoms with van der Waals surface area (Å²) in [5.74, 6) is 1.21. The highest BCUT2D eigenvalue weighted by Crippen LogP contribution is 2.41. The van der Waals surface area contributed by atoms with Crippen molar-refractivity contribution in [3.05, 3.63) is 267 Å². The molecule has 0 fully saturated rings. The van der Waals surface area contributed by atoms with Gasteiger partial charge in [0.05, 0.1) is 0 Å². The molecule has 0 spiro atoms. The topological polar surface area (TPSA) is 58.5 Å². The number of rotatable bonds is 11. The van der Waals surface area contributed by atoms with E-state index in [2.05, 4.69) is 222 Å². The molecule has 340 valence electrons. The number of aromatic nitrogens is 2. The molecule has 13 rings (SSSR count). The molecule has 0 unspecified atom stereocenters. The van der Waals surface area contributed by atoms with E-state index in [1.54, 1.807) is 0 Å². The van der Waals surface area contributed by atoms with Crippen LogP contribution in [0.25, 0.3) is 89.3 Å². The number of hydrogen-bond acceptors (Lipinski definition) is 6. The van der Waals surface area contributed by atoms with Crippen molar-refractivity contribution in [3.8, 4) is 56.3 Å². The van der Waals surface area contributed by atoms with Crippen molar-refractivity contribution in [1.82, 2.24) is 9.97 Å². The first kappa shape index (κ1) is 42.3. The van der Waals surface area contributed by atoms with Gasteiger partial charge in [-0.05, 0) is 172 Å². The summed E-state index contributed by atoms with van der Waals surface area (Å²) in [6.45, 7) is 0. The van der Waals surface area contributed by atoms with Gasteiger partial charge in [-0.15, -0.1) is 0 Å². The zero-order valence-corrected chi connectivity index (χ0v) is 39.0. The van der Waals surface area contributed by atoms with Crippen molar-refractivity contribution in [2.24, 2.45) is 0 Å². The van der Waals surface area contributed by atoms with E-state index in [1.165, 1.54) is 22.3 Å². The third-order valence-electron chi connectivity index (χ3n) is 13.3. The Morgan fingerprint density at radius 2 is 0.542 bits per heavy atom. The minimum atomic E-state index is 0.604. The number of anilines is 6. The molecule has 11 aromatic carbocycles. The number of para-hydroxylation sites is 4. The van der Waals surface area contributed by atoms with Crippen LogP contribution < -0.4 is 9.80 Å². The van der Waals surface area contributed by atoms with Crippen LogP contribution in [0.15, 0.2) is 276 Å². The normalized spacial score (nSPS) is 11.3. The van der Waals surface area contributed by atoms with Gasteiger partial charge in [0.1, 0.15) is 11.0 Å². The Balaban J connectivity index is 0.814. The van der Waals surface area contributed by atoms with Crippen LogP contribution in [0, 0.1) is 0 Å². The Morgan fingerprint density at radius 3 is 0.972 bits per heavy atom. The summed E-state index contributed by atoms with van der Waals surface area (Å²) < 4.78 is 12.3. The van der Waals surface area contributed by atoms with E-state index in [0.717, 1.165) is 89.4 Å². The van der Waals surface area contributed by atoms with Crippen LogP contribution in [-0.2, 0) is 0 Å². The molecule has 0 atom stereocenters. The first-order valence-corrected chi connectivity index (χ1v) is 24.1. The average Bonchev–Trinajstić information content (AvgIpc) is 4.10. The van der Waals surface area contributed by atoms with E-state index in [9.17, 15) is 0 Å². The number of oxazole rings is 2. The fourth-order valence-electron chi connectivity index (χ4n) is 9.61. The van der Waals surface area contributed by atoms with E-state index in [-0.39, 0.29) is 0 Å². The maximum atomic E-state index is 6.13. The summed E-state index contributed by atoms with van der Waals surface area (Å²) in [5, 5.41) is 2.30. The van der Waals surface area contributed by atoms with Crippen molar-refractivity contribution >= 4 is 67.1 Å².